The fourth-order valence-corrected chi connectivity index (χ4v) is 9.07. The highest BCUT2D eigenvalue weighted by Crippen LogP contribution is 2.31. The second-order valence-corrected chi connectivity index (χ2v) is 19.8. The molecule has 0 saturated heterocycles. The highest BCUT2D eigenvalue weighted by molar-refractivity contribution is 7.90. The number of carboxylic acids is 1. The topological polar surface area (TPSA) is 277 Å². The third-order valence-corrected chi connectivity index (χ3v) is 14.0. The molecule has 2 aliphatic heterocycles. The number of carbonyl (C=O) groups excluding carboxylic acids is 1. The molecule has 76 heavy (non-hydrogen) atoms. The molecule has 4 N–H and O–H groups in total. The van der Waals surface area contributed by atoms with E-state index < -0.39 is 62.2 Å². The number of rotatable bonds is 11. The zero-order valence-corrected chi connectivity index (χ0v) is 43.7. The van der Waals surface area contributed by atoms with Crippen molar-refractivity contribution in [2.75, 3.05) is 50.4 Å². The zero-order chi connectivity index (χ0) is 55.2. The summed E-state index contributed by atoms with van der Waals surface area (Å²) >= 11 is 0. The molecule has 0 aliphatic carbocycles. The van der Waals surface area contributed by atoms with Crippen molar-refractivity contribution in [1.82, 2.24) is 42.7 Å². The highest BCUT2D eigenvalue weighted by Gasteiger charge is 2.53. The molecule has 0 fully saturated rings. The maximum Gasteiger partial charge on any atom is 0.516 e. The minimum atomic E-state index is -5.63. The van der Waals surface area contributed by atoms with Gasteiger partial charge in [0.25, 0.3) is 5.91 Å². The minimum absolute atomic E-state index is 0. The largest absolute Gasteiger partial charge is 0.516 e. The third kappa shape index (κ3) is 12.8. The molecule has 6 aromatic rings. The summed E-state index contributed by atoms with van der Waals surface area (Å²) in [6.07, 6.45) is 8.03. The van der Waals surface area contributed by atoms with E-state index in [0.29, 0.717) is 59.4 Å². The van der Waals surface area contributed by atoms with Gasteiger partial charge in [-0.2, -0.15) is 43.2 Å². The van der Waals surface area contributed by atoms with Gasteiger partial charge in [0.05, 0.1) is 63.2 Å². The van der Waals surface area contributed by atoms with Gasteiger partial charge < -0.3 is 25.6 Å². The van der Waals surface area contributed by atoms with Crippen LogP contribution in [0.2, 0.25) is 0 Å². The summed E-state index contributed by atoms with van der Waals surface area (Å²) in [5.41, 5.74) is 0.933. The van der Waals surface area contributed by atoms with Crippen LogP contribution in [0.1, 0.15) is 68.5 Å². The van der Waals surface area contributed by atoms with Gasteiger partial charge in [-0.05, 0) is 73.2 Å². The molecule has 0 radical (unpaired) electrons. The Morgan fingerprint density at radius 2 is 1.07 bits per heavy atom. The van der Waals surface area contributed by atoms with Crippen LogP contribution in [-0.2, 0) is 55.5 Å². The second-order valence-electron chi connectivity index (χ2n) is 16.1. The van der Waals surface area contributed by atoms with Gasteiger partial charge in [0.15, 0.2) is 5.69 Å². The van der Waals surface area contributed by atoms with E-state index in [2.05, 4.69) is 35.5 Å². The Hall–Kier alpha value is -7.51. The number of aromatic nitrogens is 6. The van der Waals surface area contributed by atoms with Crippen LogP contribution in [0.15, 0.2) is 83.5 Å². The number of hydrogen-bond acceptors (Lipinski definition) is 17. The Labute approximate surface area is 437 Å². The molecule has 32 heteroatoms. The summed E-state index contributed by atoms with van der Waals surface area (Å²) in [5, 5.41) is 22.4. The van der Waals surface area contributed by atoms with Crippen LogP contribution in [0.3, 0.4) is 0 Å². The first-order chi connectivity index (χ1) is 35.3. The number of anilines is 2. The number of alkyl halides is 6. The van der Waals surface area contributed by atoms with Gasteiger partial charge in [-0.25, -0.2) is 33.3 Å². The van der Waals surface area contributed by atoms with E-state index in [0.717, 1.165) is 36.5 Å². The lowest BCUT2D eigenvalue weighted by Gasteiger charge is -2.32. The summed E-state index contributed by atoms with van der Waals surface area (Å²) in [4.78, 5) is 41.0. The molecule has 0 spiro atoms. The Bertz CT molecular complexity index is 3340. The van der Waals surface area contributed by atoms with Crippen LogP contribution in [0, 0.1) is 13.8 Å². The lowest BCUT2D eigenvalue weighted by atomic mass is 10.2. The number of hydrazone groups is 2. The van der Waals surface area contributed by atoms with Gasteiger partial charge in [-0.15, -0.1) is 22.6 Å². The van der Waals surface area contributed by atoms with Crippen LogP contribution in [-0.4, -0.2) is 135 Å². The number of nitrogens with zero attached hydrogens (tertiary/aromatic N) is 12. The Morgan fingerprint density at radius 3 is 1.43 bits per heavy atom. The van der Waals surface area contributed by atoms with Crippen LogP contribution in [0.5, 0.6) is 0 Å². The summed E-state index contributed by atoms with van der Waals surface area (Å²) in [5.74, 6) is -0.394. The number of aryl methyl sites for hydroxylation is 4. The first kappa shape index (κ1) is 59.4. The molecule has 0 atom stereocenters. The molecule has 412 valence electrons. The van der Waals surface area contributed by atoms with Gasteiger partial charge in [0, 0.05) is 37.9 Å². The Morgan fingerprint density at radius 1 is 0.671 bits per heavy atom. The van der Waals surface area contributed by atoms with E-state index in [1.54, 1.807) is 77.7 Å². The smallest absolute Gasteiger partial charge is 0.477 e. The number of benzene rings is 2. The fraction of sp³-hybridized carbons (Fsp3) is 0.364. The standard InChI is InChI=1S/C22H24F3N7O4S.C12H15F3N4O3S.C10H11N3O2.ClH/c1-4-17-18(30-13-14(2)11-27-20(30)28-17)19(33)26-12-15-5-7-16(8-6-15)31-9-10-32(21(29-31)36-3)37(34,35)22(23,24)25;1-22-11-17-18(10-4-2-9(8-16)3-5-10)6-7-19(11)23(20,21)12(13,14)15;1-3-7-8(9(14)15)13-5-6(2)4-11-10(13)12-7;/h5-8,11,13H,4,9-10,12H2,1-3H3,(H,26,33);2-5H,6-8,16H2,1H3;4-5H,3H2,1-2H3,(H,14,15);1H. The molecule has 2 aromatic carbocycles. The maximum absolute atomic E-state index is 13.0. The van der Waals surface area contributed by atoms with Crippen molar-refractivity contribution in [2.45, 2.75) is 64.6 Å². The molecule has 4 aromatic heterocycles. The Kier molecular flexibility index (Phi) is 18.8. The van der Waals surface area contributed by atoms with Gasteiger partial charge in [0.2, 0.25) is 11.6 Å². The molecule has 6 heterocycles. The average Bonchev–Trinajstić information content (AvgIpc) is 3.95. The van der Waals surface area contributed by atoms with E-state index >= 15 is 0 Å². The summed E-state index contributed by atoms with van der Waals surface area (Å²) < 4.78 is 136. The van der Waals surface area contributed by atoms with E-state index in [1.807, 2.05) is 27.7 Å². The quantitative estimate of drug-likeness (QED) is 0.141. The van der Waals surface area contributed by atoms with E-state index in [1.165, 1.54) is 14.4 Å². The zero-order valence-electron chi connectivity index (χ0n) is 41.2. The number of aromatic carboxylic acids is 1. The number of amides is 1. The van der Waals surface area contributed by atoms with E-state index in [-0.39, 0.29) is 52.3 Å². The number of ether oxygens (including phenoxy) is 2. The molecule has 1 amide bonds. The molecule has 2 aliphatic rings. The Balaban J connectivity index is 0.000000232. The van der Waals surface area contributed by atoms with Crippen LogP contribution >= 0.6 is 12.4 Å². The van der Waals surface area contributed by atoms with Crippen molar-refractivity contribution in [1.29, 1.82) is 0 Å². The number of carboxylic acid groups (broad SMARTS) is 1. The first-order valence-corrected chi connectivity index (χ1v) is 25.2. The minimum Gasteiger partial charge on any atom is -0.477 e. The molecular formula is C44H51ClF6N14O9S2. The lowest BCUT2D eigenvalue weighted by Crippen LogP contribution is -2.51. The van der Waals surface area contributed by atoms with Crippen molar-refractivity contribution in [3.63, 3.8) is 0 Å². The predicted molar refractivity (Wildman–Crippen MR) is 267 cm³/mol. The number of methoxy groups -OCH3 is 2. The number of sulfonamides is 2. The molecule has 8 rings (SSSR count). The van der Waals surface area contributed by atoms with Crippen molar-refractivity contribution in [3.8, 4) is 0 Å². The molecule has 0 saturated carbocycles. The van der Waals surface area contributed by atoms with E-state index in [4.69, 9.17) is 20.3 Å². The van der Waals surface area contributed by atoms with Crippen LogP contribution < -0.4 is 21.1 Å². The predicted octanol–water partition coefficient (Wildman–Crippen LogP) is 5.17. The number of fused-ring (bicyclic) bond motifs is 2. The second kappa shape index (κ2) is 24.0. The molecule has 23 nitrogen and oxygen atoms in total. The highest BCUT2D eigenvalue weighted by atomic mass is 35.5. The number of halogens is 7. The SMILES string of the molecule is CCc1nc2ncc(C)cn2c1C(=O)NCc1ccc(N2CCN(S(=O)(=O)C(F)(F)F)C(OC)=N2)cc1.CCc1nc2ncc(C)cn2c1C(=O)O.COC1=NN(c2ccc(CN)cc2)CCN1S(=O)(=O)C(F)(F)F.Cl. The molecule has 0 unspecified atom stereocenters. The number of imidazole rings is 2. The number of hydrogen-bond donors (Lipinski definition) is 3. The van der Waals surface area contributed by atoms with E-state index in [9.17, 15) is 52.8 Å². The third-order valence-electron chi connectivity index (χ3n) is 11.0. The molecular weight excluding hydrogens is 1080 g/mol. The first-order valence-electron chi connectivity index (χ1n) is 22.3. The summed E-state index contributed by atoms with van der Waals surface area (Å²) in [6.45, 7) is 6.96. The fourth-order valence-electron chi connectivity index (χ4n) is 7.29. The van der Waals surface area contributed by atoms with Crippen LogP contribution in [0.25, 0.3) is 11.6 Å². The monoisotopic (exact) mass is 1130 g/mol. The lowest BCUT2D eigenvalue weighted by molar-refractivity contribution is -0.0482. The number of amidine groups is 2. The average molecular weight is 1130 g/mol. The van der Waals surface area contributed by atoms with Crippen LogP contribution in [0.4, 0.5) is 37.7 Å². The number of nitrogens with two attached hydrogens (primary N) is 1. The summed E-state index contributed by atoms with van der Waals surface area (Å²) in [6, 6.07) is 12.3. The van der Waals surface area contributed by atoms with Gasteiger partial charge in [0.1, 0.15) is 5.69 Å². The van der Waals surface area contributed by atoms with Crippen molar-refractivity contribution in [3.05, 3.63) is 118 Å². The molecule has 0 bridgehead atoms. The van der Waals surface area contributed by atoms with Gasteiger partial charge in [-0.1, -0.05) is 38.1 Å². The van der Waals surface area contributed by atoms with Crippen molar-refractivity contribution >= 4 is 79.3 Å². The maximum atomic E-state index is 13.0. The van der Waals surface area contributed by atoms with Crippen molar-refractivity contribution in [2.24, 2.45) is 15.9 Å². The van der Waals surface area contributed by atoms with Crippen molar-refractivity contribution < 1.29 is 67.3 Å². The van der Waals surface area contributed by atoms with Gasteiger partial charge >= 0.3 is 49.1 Å². The number of carbonyl (C=O) groups is 2. The number of nitrogens with one attached hydrogen (secondary N) is 1. The summed E-state index contributed by atoms with van der Waals surface area (Å²) in [7, 11) is -9.08. The normalized spacial score (nSPS) is 14.2. The van der Waals surface area contributed by atoms with Gasteiger partial charge in [-0.3, -0.25) is 23.6 Å².